The van der Waals surface area contributed by atoms with Crippen LogP contribution >= 0.6 is 27.5 Å². The number of imidazole rings is 1. The third kappa shape index (κ3) is 3.52. The van der Waals surface area contributed by atoms with Gasteiger partial charge >= 0.3 is 6.55 Å². The molecule has 0 saturated heterocycles. The number of amides is 1. The normalized spacial score (nSPS) is 11.3. The number of fused-ring (bicyclic) bond motifs is 1. The van der Waals surface area contributed by atoms with Gasteiger partial charge in [0.2, 0.25) is 0 Å². The predicted molar refractivity (Wildman–Crippen MR) is 95.9 cm³/mol. The fraction of sp³-hybridized carbons (Fsp3) is 0.176. The molecule has 0 spiro atoms. The Hall–Kier alpha value is -1.99. The molecule has 3 rings (SSSR count). The van der Waals surface area contributed by atoms with E-state index in [-0.39, 0.29) is 18.3 Å². The molecule has 0 N–H and O–H groups in total. The van der Waals surface area contributed by atoms with Crippen molar-refractivity contribution in [1.29, 1.82) is 0 Å². The number of carbonyl (C=O) groups excluding carboxylic acids is 1. The minimum atomic E-state index is -2.75. The summed E-state index contributed by atoms with van der Waals surface area (Å²) in [5.74, 6) is -0.266. The molecule has 0 saturated carbocycles. The Morgan fingerprint density at radius 2 is 2.04 bits per heavy atom. The minimum absolute atomic E-state index is 0.0688. The molecule has 130 valence electrons. The molecule has 0 aliphatic heterocycles. The molecule has 1 amide bonds. The van der Waals surface area contributed by atoms with E-state index < -0.39 is 6.55 Å². The fourth-order valence-electron chi connectivity index (χ4n) is 2.57. The van der Waals surface area contributed by atoms with Gasteiger partial charge in [0.15, 0.2) is 0 Å². The quantitative estimate of drug-likeness (QED) is 0.578. The third-order valence-corrected chi connectivity index (χ3v) is 4.57. The molecule has 1 heterocycles. The topological polar surface area (TPSA) is 38.1 Å². The zero-order valence-electron chi connectivity index (χ0n) is 13.1. The van der Waals surface area contributed by atoms with Gasteiger partial charge < -0.3 is 4.90 Å². The lowest BCUT2D eigenvalue weighted by Gasteiger charge is -2.18. The predicted octanol–water partition coefficient (Wildman–Crippen LogP) is 5.12. The summed E-state index contributed by atoms with van der Waals surface area (Å²) in [4.78, 5) is 18.2. The summed E-state index contributed by atoms with van der Waals surface area (Å²) in [6.07, 6.45) is 0. The van der Waals surface area contributed by atoms with E-state index in [1.54, 1.807) is 42.5 Å². The van der Waals surface area contributed by atoms with E-state index in [4.69, 9.17) is 11.6 Å². The molecule has 0 aliphatic carbocycles. The summed E-state index contributed by atoms with van der Waals surface area (Å²) in [5, 5.41) is 0.294. The molecule has 0 unspecified atom stereocenters. The van der Waals surface area contributed by atoms with Crippen molar-refractivity contribution in [3.8, 4) is 0 Å². The van der Waals surface area contributed by atoms with Crippen LogP contribution in [0.15, 0.2) is 46.9 Å². The third-order valence-electron chi connectivity index (χ3n) is 3.75. The van der Waals surface area contributed by atoms with Crippen LogP contribution < -0.4 is 0 Å². The van der Waals surface area contributed by atoms with Crippen molar-refractivity contribution < 1.29 is 13.6 Å². The first-order valence-corrected chi connectivity index (χ1v) is 8.50. The zero-order chi connectivity index (χ0) is 18.1. The van der Waals surface area contributed by atoms with Crippen molar-refractivity contribution in [2.75, 3.05) is 7.05 Å². The molecule has 25 heavy (non-hydrogen) atoms. The lowest BCUT2D eigenvalue weighted by molar-refractivity contribution is 0.0646. The van der Waals surface area contributed by atoms with E-state index in [1.165, 1.54) is 11.9 Å². The van der Waals surface area contributed by atoms with Gasteiger partial charge in [-0.2, -0.15) is 8.78 Å². The van der Waals surface area contributed by atoms with E-state index >= 15 is 0 Å². The maximum absolute atomic E-state index is 13.5. The number of benzene rings is 2. The van der Waals surface area contributed by atoms with Gasteiger partial charge in [-0.05, 0) is 30.3 Å². The number of aromatic nitrogens is 2. The summed E-state index contributed by atoms with van der Waals surface area (Å²) < 4.78 is 28.5. The smallest absolute Gasteiger partial charge is 0.320 e. The highest BCUT2D eigenvalue weighted by Crippen LogP contribution is 2.25. The average Bonchev–Trinajstić information content (AvgIpc) is 2.94. The standard InChI is InChI=1S/C17H13BrClF2N3O/c1-23(16(25)11-8-10(18)6-7-12(11)19)9-15-22-13-4-2-3-5-14(13)24(15)17(20)21/h2-8,17H,9H2,1H3. The maximum Gasteiger partial charge on any atom is 0.320 e. The number of alkyl halides is 2. The van der Waals surface area contributed by atoms with Crippen LogP contribution in [0.4, 0.5) is 8.78 Å². The Balaban J connectivity index is 1.94. The van der Waals surface area contributed by atoms with Crippen LogP contribution in [0.3, 0.4) is 0 Å². The number of hydrogen-bond donors (Lipinski definition) is 0. The molecule has 0 fully saturated rings. The van der Waals surface area contributed by atoms with Gasteiger partial charge in [-0.15, -0.1) is 0 Å². The van der Waals surface area contributed by atoms with Gasteiger partial charge in [0.25, 0.3) is 5.91 Å². The Morgan fingerprint density at radius 1 is 1.32 bits per heavy atom. The second-order valence-corrected chi connectivity index (χ2v) is 6.77. The first-order valence-electron chi connectivity index (χ1n) is 7.33. The maximum atomic E-state index is 13.5. The van der Waals surface area contributed by atoms with Crippen molar-refractivity contribution in [3.05, 3.63) is 63.3 Å². The van der Waals surface area contributed by atoms with E-state index in [0.29, 0.717) is 26.1 Å². The van der Waals surface area contributed by atoms with Crippen molar-refractivity contribution in [3.63, 3.8) is 0 Å². The molecule has 0 radical (unpaired) electrons. The van der Waals surface area contributed by atoms with Crippen LogP contribution in [-0.2, 0) is 6.54 Å². The van der Waals surface area contributed by atoms with Gasteiger partial charge in [-0.3, -0.25) is 9.36 Å². The Labute approximate surface area is 156 Å². The monoisotopic (exact) mass is 427 g/mol. The number of rotatable bonds is 4. The number of carbonyl (C=O) groups is 1. The van der Waals surface area contributed by atoms with Crippen molar-refractivity contribution in [2.45, 2.75) is 13.1 Å². The molecule has 0 atom stereocenters. The SMILES string of the molecule is CN(Cc1nc2ccccc2n1C(F)F)C(=O)c1cc(Br)ccc1Cl. The fourth-order valence-corrected chi connectivity index (χ4v) is 3.13. The Kier molecular flexibility index (Phi) is 5.06. The van der Waals surface area contributed by atoms with Crippen LogP contribution in [0.2, 0.25) is 5.02 Å². The second kappa shape index (κ2) is 7.09. The first kappa shape index (κ1) is 17.8. The van der Waals surface area contributed by atoms with E-state index in [2.05, 4.69) is 20.9 Å². The van der Waals surface area contributed by atoms with Crippen molar-refractivity contribution in [2.24, 2.45) is 0 Å². The van der Waals surface area contributed by atoms with Crippen LogP contribution in [0, 0.1) is 0 Å². The van der Waals surface area contributed by atoms with Crippen LogP contribution in [0.5, 0.6) is 0 Å². The molecule has 0 aliphatic rings. The summed E-state index contributed by atoms with van der Waals surface area (Å²) in [7, 11) is 1.52. The van der Waals surface area contributed by atoms with E-state index in [0.717, 1.165) is 4.57 Å². The second-order valence-electron chi connectivity index (χ2n) is 5.45. The highest BCUT2D eigenvalue weighted by atomic mass is 79.9. The van der Waals surface area contributed by atoms with Gasteiger partial charge in [-0.25, -0.2) is 4.98 Å². The first-order chi connectivity index (χ1) is 11.9. The van der Waals surface area contributed by atoms with Gasteiger partial charge in [0.1, 0.15) is 5.82 Å². The van der Waals surface area contributed by atoms with Crippen molar-refractivity contribution in [1.82, 2.24) is 14.5 Å². The van der Waals surface area contributed by atoms with Crippen LogP contribution in [-0.4, -0.2) is 27.4 Å². The largest absolute Gasteiger partial charge is 0.334 e. The summed E-state index contributed by atoms with van der Waals surface area (Å²) in [5.41, 5.74) is 1.08. The van der Waals surface area contributed by atoms with Crippen LogP contribution in [0.25, 0.3) is 11.0 Å². The van der Waals surface area contributed by atoms with E-state index in [1.807, 2.05) is 0 Å². The van der Waals surface area contributed by atoms with Gasteiger partial charge in [0, 0.05) is 11.5 Å². The summed E-state index contributed by atoms with van der Waals surface area (Å²) in [6.45, 7) is -2.82. The number of nitrogens with zero attached hydrogens (tertiary/aromatic N) is 3. The number of hydrogen-bond acceptors (Lipinski definition) is 2. The summed E-state index contributed by atoms with van der Waals surface area (Å²) >= 11 is 9.36. The molecule has 8 heteroatoms. The molecule has 3 aromatic rings. The zero-order valence-corrected chi connectivity index (χ0v) is 15.4. The highest BCUT2D eigenvalue weighted by Gasteiger charge is 2.22. The number of para-hydroxylation sites is 2. The molecule has 0 bridgehead atoms. The molecule has 2 aromatic carbocycles. The minimum Gasteiger partial charge on any atom is -0.334 e. The Bertz CT molecular complexity index is 945. The highest BCUT2D eigenvalue weighted by molar-refractivity contribution is 9.10. The van der Waals surface area contributed by atoms with E-state index in [9.17, 15) is 13.6 Å². The lowest BCUT2D eigenvalue weighted by atomic mass is 10.2. The van der Waals surface area contributed by atoms with Crippen molar-refractivity contribution >= 4 is 44.5 Å². The van der Waals surface area contributed by atoms with Gasteiger partial charge in [0.05, 0.1) is 28.2 Å². The van der Waals surface area contributed by atoms with Gasteiger partial charge in [-0.1, -0.05) is 39.7 Å². The van der Waals surface area contributed by atoms with Crippen LogP contribution in [0.1, 0.15) is 22.7 Å². The summed E-state index contributed by atoms with van der Waals surface area (Å²) in [6, 6.07) is 11.5. The molecular weight excluding hydrogens is 416 g/mol. The Morgan fingerprint density at radius 3 is 2.76 bits per heavy atom. The molecular formula is C17H13BrClF2N3O. The lowest BCUT2D eigenvalue weighted by Crippen LogP contribution is -2.28. The average molecular weight is 429 g/mol. The molecule has 1 aromatic heterocycles. The number of halogens is 4. The molecule has 4 nitrogen and oxygen atoms in total.